The van der Waals surface area contributed by atoms with Crippen molar-refractivity contribution in [2.75, 3.05) is 7.11 Å². The van der Waals surface area contributed by atoms with E-state index in [4.69, 9.17) is 4.74 Å². The Labute approximate surface area is 110 Å². The van der Waals surface area contributed by atoms with Gasteiger partial charge in [0.15, 0.2) is 5.56 Å². The van der Waals surface area contributed by atoms with E-state index >= 15 is 0 Å². The van der Waals surface area contributed by atoms with Crippen molar-refractivity contribution in [1.29, 1.82) is 0 Å². The number of nitrogens with zero attached hydrogens (tertiary/aromatic N) is 1. The zero-order valence-electron chi connectivity index (χ0n) is 10.7. The molecular weight excluding hydrogens is 248 g/mol. The van der Waals surface area contributed by atoms with Crippen molar-refractivity contribution in [3.8, 4) is 5.75 Å². The number of nitro groups is 1. The standard InChI is InChI=1S/C13H16N2O4/c1-19-11-8-4-7-10(15(17)18)12(11)13(16)14-9-5-2-3-6-9/h4,7-9H,2-3,5-6H2,1H3,(H,14,16). The lowest BCUT2D eigenvalue weighted by Crippen LogP contribution is -2.33. The number of carbonyl (C=O) groups is 1. The molecule has 0 atom stereocenters. The second kappa shape index (κ2) is 5.69. The summed E-state index contributed by atoms with van der Waals surface area (Å²) in [7, 11) is 1.39. The van der Waals surface area contributed by atoms with Crippen molar-refractivity contribution >= 4 is 11.6 Å². The van der Waals surface area contributed by atoms with Gasteiger partial charge in [-0.05, 0) is 18.9 Å². The molecule has 0 aromatic heterocycles. The summed E-state index contributed by atoms with van der Waals surface area (Å²) in [5.41, 5.74) is -0.225. The number of nitrogens with one attached hydrogen (secondary N) is 1. The summed E-state index contributed by atoms with van der Waals surface area (Å²) < 4.78 is 5.06. The normalized spacial score (nSPS) is 15.2. The lowest BCUT2D eigenvalue weighted by Gasteiger charge is -2.13. The molecule has 0 aliphatic heterocycles. The summed E-state index contributed by atoms with van der Waals surface area (Å²) in [5.74, 6) is -0.208. The van der Waals surface area contributed by atoms with Gasteiger partial charge in [0, 0.05) is 12.1 Å². The Morgan fingerprint density at radius 3 is 2.68 bits per heavy atom. The van der Waals surface area contributed by atoms with Crippen LogP contribution in [0.25, 0.3) is 0 Å². The molecule has 0 bridgehead atoms. The van der Waals surface area contributed by atoms with Crippen LogP contribution in [0, 0.1) is 10.1 Å². The molecule has 0 heterocycles. The summed E-state index contributed by atoms with van der Waals surface area (Å²) in [6.45, 7) is 0. The molecule has 1 fully saturated rings. The quantitative estimate of drug-likeness (QED) is 0.668. The number of nitro benzene ring substituents is 1. The van der Waals surface area contributed by atoms with Crippen LogP contribution >= 0.6 is 0 Å². The van der Waals surface area contributed by atoms with Gasteiger partial charge in [-0.25, -0.2) is 0 Å². The third-order valence-corrected chi connectivity index (χ3v) is 3.34. The number of carbonyl (C=O) groups excluding carboxylic acids is 1. The Bertz CT molecular complexity index is 495. The first-order valence-electron chi connectivity index (χ1n) is 6.25. The van der Waals surface area contributed by atoms with Crippen LogP contribution in [0.1, 0.15) is 36.0 Å². The first-order valence-corrected chi connectivity index (χ1v) is 6.25. The molecule has 19 heavy (non-hydrogen) atoms. The van der Waals surface area contributed by atoms with Gasteiger partial charge in [-0.1, -0.05) is 18.9 Å². The van der Waals surface area contributed by atoms with Crippen LogP contribution in [0.3, 0.4) is 0 Å². The van der Waals surface area contributed by atoms with Gasteiger partial charge in [-0.2, -0.15) is 0 Å². The Hall–Kier alpha value is -2.11. The van der Waals surface area contributed by atoms with E-state index < -0.39 is 10.8 Å². The first-order chi connectivity index (χ1) is 9.13. The number of methoxy groups -OCH3 is 1. The van der Waals surface area contributed by atoms with E-state index in [1.165, 1.54) is 19.2 Å². The van der Waals surface area contributed by atoms with Gasteiger partial charge in [-0.3, -0.25) is 14.9 Å². The molecule has 6 nitrogen and oxygen atoms in total. The Morgan fingerprint density at radius 2 is 2.11 bits per heavy atom. The number of hydrogen-bond donors (Lipinski definition) is 1. The van der Waals surface area contributed by atoms with Gasteiger partial charge < -0.3 is 10.1 Å². The molecule has 1 aromatic carbocycles. The van der Waals surface area contributed by atoms with E-state index in [-0.39, 0.29) is 23.0 Å². The van der Waals surface area contributed by atoms with Crippen LogP contribution < -0.4 is 10.1 Å². The molecule has 0 unspecified atom stereocenters. The molecule has 1 aliphatic rings. The highest BCUT2D eigenvalue weighted by molar-refractivity contribution is 6.01. The van der Waals surface area contributed by atoms with Gasteiger partial charge in [0.1, 0.15) is 5.75 Å². The van der Waals surface area contributed by atoms with Crippen molar-refractivity contribution in [3.05, 3.63) is 33.9 Å². The van der Waals surface area contributed by atoms with E-state index in [1.54, 1.807) is 6.07 Å². The molecular formula is C13H16N2O4. The predicted octanol–water partition coefficient (Wildman–Crippen LogP) is 2.28. The monoisotopic (exact) mass is 264 g/mol. The Balaban J connectivity index is 2.30. The minimum Gasteiger partial charge on any atom is -0.496 e. The van der Waals surface area contributed by atoms with Crippen LogP contribution in [-0.4, -0.2) is 24.0 Å². The van der Waals surface area contributed by atoms with Crippen LogP contribution in [-0.2, 0) is 0 Å². The molecule has 0 spiro atoms. The first kappa shape index (κ1) is 13.3. The van der Waals surface area contributed by atoms with Crippen molar-refractivity contribution < 1.29 is 14.5 Å². The number of hydrogen-bond acceptors (Lipinski definition) is 4. The van der Waals surface area contributed by atoms with E-state index in [9.17, 15) is 14.9 Å². The minimum absolute atomic E-state index is 0.00176. The van der Waals surface area contributed by atoms with Gasteiger partial charge in [0.25, 0.3) is 11.6 Å². The second-order valence-electron chi connectivity index (χ2n) is 4.57. The predicted molar refractivity (Wildman–Crippen MR) is 69.4 cm³/mol. The van der Waals surface area contributed by atoms with Gasteiger partial charge in [-0.15, -0.1) is 0 Å². The van der Waals surface area contributed by atoms with Crippen LogP contribution in [0.4, 0.5) is 5.69 Å². The van der Waals surface area contributed by atoms with Crippen molar-refractivity contribution in [2.24, 2.45) is 0 Å². The highest BCUT2D eigenvalue weighted by Crippen LogP contribution is 2.28. The molecule has 1 amide bonds. The summed E-state index contributed by atoms with van der Waals surface area (Å²) >= 11 is 0. The molecule has 0 saturated heterocycles. The highest BCUT2D eigenvalue weighted by atomic mass is 16.6. The smallest absolute Gasteiger partial charge is 0.285 e. The lowest BCUT2D eigenvalue weighted by atomic mass is 10.1. The van der Waals surface area contributed by atoms with Crippen molar-refractivity contribution in [3.63, 3.8) is 0 Å². The van der Waals surface area contributed by atoms with Gasteiger partial charge >= 0.3 is 0 Å². The van der Waals surface area contributed by atoms with Crippen molar-refractivity contribution in [1.82, 2.24) is 5.32 Å². The van der Waals surface area contributed by atoms with Crippen LogP contribution in [0.2, 0.25) is 0 Å². The fourth-order valence-electron chi connectivity index (χ4n) is 2.40. The van der Waals surface area contributed by atoms with E-state index in [1.807, 2.05) is 0 Å². The molecule has 2 rings (SSSR count). The summed E-state index contributed by atoms with van der Waals surface area (Å²) in [6, 6.07) is 4.48. The van der Waals surface area contributed by atoms with E-state index in [0.717, 1.165) is 25.7 Å². The molecule has 1 N–H and O–H groups in total. The Kier molecular flexibility index (Phi) is 3.99. The largest absolute Gasteiger partial charge is 0.496 e. The summed E-state index contributed by atoms with van der Waals surface area (Å²) in [4.78, 5) is 22.6. The molecule has 1 aromatic rings. The molecule has 1 aliphatic carbocycles. The van der Waals surface area contributed by atoms with Gasteiger partial charge in [0.2, 0.25) is 0 Å². The van der Waals surface area contributed by atoms with E-state index in [2.05, 4.69) is 5.32 Å². The van der Waals surface area contributed by atoms with Crippen LogP contribution in [0.15, 0.2) is 18.2 Å². The van der Waals surface area contributed by atoms with Crippen molar-refractivity contribution in [2.45, 2.75) is 31.7 Å². The number of benzene rings is 1. The fraction of sp³-hybridized carbons (Fsp3) is 0.462. The van der Waals surface area contributed by atoms with E-state index in [0.29, 0.717) is 0 Å². The number of ether oxygens (including phenoxy) is 1. The topological polar surface area (TPSA) is 81.5 Å². The zero-order chi connectivity index (χ0) is 13.8. The average Bonchev–Trinajstić information content (AvgIpc) is 2.90. The maximum atomic E-state index is 12.2. The maximum Gasteiger partial charge on any atom is 0.285 e. The fourth-order valence-corrected chi connectivity index (χ4v) is 2.40. The third kappa shape index (κ3) is 2.83. The summed E-state index contributed by atoms with van der Waals surface area (Å²) in [5, 5.41) is 13.8. The van der Waals surface area contributed by atoms with Gasteiger partial charge in [0.05, 0.1) is 12.0 Å². The molecule has 1 saturated carbocycles. The molecule has 0 radical (unpaired) electrons. The highest BCUT2D eigenvalue weighted by Gasteiger charge is 2.27. The number of rotatable bonds is 4. The minimum atomic E-state index is -0.563. The SMILES string of the molecule is COc1cccc([N+](=O)[O-])c1C(=O)NC1CCCC1. The zero-order valence-corrected chi connectivity index (χ0v) is 10.7. The maximum absolute atomic E-state index is 12.2. The average molecular weight is 264 g/mol. The lowest BCUT2D eigenvalue weighted by molar-refractivity contribution is -0.385. The third-order valence-electron chi connectivity index (χ3n) is 3.34. The number of amides is 1. The van der Waals surface area contributed by atoms with Crippen LogP contribution in [0.5, 0.6) is 5.75 Å². The molecule has 102 valence electrons. The Morgan fingerprint density at radius 1 is 1.42 bits per heavy atom. The second-order valence-corrected chi connectivity index (χ2v) is 4.57. The molecule has 6 heteroatoms. The summed E-state index contributed by atoms with van der Waals surface area (Å²) in [6.07, 6.45) is 4.02.